The van der Waals surface area contributed by atoms with Crippen molar-refractivity contribution in [1.29, 1.82) is 0 Å². The molecule has 18 heavy (non-hydrogen) atoms. The van der Waals surface area contributed by atoms with Crippen molar-refractivity contribution in [2.75, 3.05) is 23.0 Å². The second-order valence-corrected chi connectivity index (χ2v) is 11.6. The molecular formula is C8H14O6S4. The highest BCUT2D eigenvalue weighted by Crippen LogP contribution is 2.40. The van der Waals surface area contributed by atoms with Crippen LogP contribution in [0.4, 0.5) is 0 Å². The molecule has 0 radical (unpaired) electrons. The number of sulfone groups is 2. The lowest BCUT2D eigenvalue weighted by molar-refractivity contribution is 0.206. The van der Waals surface area contributed by atoms with E-state index < -0.39 is 42.4 Å². The Morgan fingerprint density at radius 3 is 1.28 bits per heavy atom. The van der Waals surface area contributed by atoms with E-state index in [4.69, 9.17) is 0 Å². The molecule has 0 aromatic rings. The van der Waals surface area contributed by atoms with E-state index >= 15 is 0 Å². The summed E-state index contributed by atoms with van der Waals surface area (Å²) >= 11 is 0. The van der Waals surface area contributed by atoms with Crippen molar-refractivity contribution < 1.29 is 27.0 Å². The molecule has 2 saturated heterocycles. The Labute approximate surface area is 114 Å². The average Bonchev–Trinajstić information content (AvgIpc) is 2.59. The van der Waals surface area contributed by atoms with Gasteiger partial charge in [0, 0.05) is 0 Å². The summed E-state index contributed by atoms with van der Waals surface area (Å²) in [5, 5.41) is 18.2. The molecule has 2 fully saturated rings. The minimum atomic E-state index is -3.19. The highest BCUT2D eigenvalue weighted by Gasteiger charge is 2.41. The summed E-state index contributed by atoms with van der Waals surface area (Å²) in [6.07, 6.45) is -1.83. The van der Waals surface area contributed by atoms with Crippen molar-refractivity contribution in [3.05, 3.63) is 0 Å². The molecule has 106 valence electrons. The zero-order valence-corrected chi connectivity index (χ0v) is 12.6. The number of aliphatic hydroxyl groups excluding tert-OH is 2. The van der Waals surface area contributed by atoms with Crippen LogP contribution >= 0.6 is 21.6 Å². The van der Waals surface area contributed by atoms with Crippen LogP contribution in [-0.4, -0.2) is 72.8 Å². The smallest absolute Gasteiger partial charge is 0.154 e. The van der Waals surface area contributed by atoms with Gasteiger partial charge >= 0.3 is 0 Å². The maximum Gasteiger partial charge on any atom is 0.154 e. The maximum absolute atomic E-state index is 11.3. The maximum atomic E-state index is 11.3. The number of aliphatic hydroxyl groups is 2. The summed E-state index contributed by atoms with van der Waals surface area (Å²) in [4.78, 5) is 0. The molecule has 0 bridgehead atoms. The van der Waals surface area contributed by atoms with Crippen LogP contribution in [0.15, 0.2) is 0 Å². The predicted octanol–water partition coefficient (Wildman–Crippen LogP) is -1.32. The average molecular weight is 334 g/mol. The fourth-order valence-corrected chi connectivity index (χ4v) is 10.4. The second kappa shape index (κ2) is 5.13. The van der Waals surface area contributed by atoms with Crippen molar-refractivity contribution in [2.45, 2.75) is 22.7 Å². The van der Waals surface area contributed by atoms with Gasteiger partial charge in [-0.25, -0.2) is 16.8 Å². The van der Waals surface area contributed by atoms with Crippen LogP contribution < -0.4 is 0 Å². The predicted molar refractivity (Wildman–Crippen MR) is 72.1 cm³/mol. The minimum absolute atomic E-state index is 0.0958. The van der Waals surface area contributed by atoms with Crippen molar-refractivity contribution in [1.82, 2.24) is 0 Å². The van der Waals surface area contributed by atoms with E-state index in [0.29, 0.717) is 0 Å². The standard InChI is InChI=1S/C8H14O6S4/c9-5-1-17(11,12)3-7(5)15-16-8-4-18(13,14)2-6(8)10/h5-10H,1-4H2/t5-,6-,7-,8+/m0/s1. The van der Waals surface area contributed by atoms with Gasteiger partial charge in [0.15, 0.2) is 19.7 Å². The SMILES string of the molecule is O=S1(=O)C[C@H](SS[C@@H]2CS(=O)(=O)C[C@@H]2O)[C@@H](O)C1. The molecule has 2 aliphatic heterocycles. The fourth-order valence-electron chi connectivity index (χ4n) is 1.92. The van der Waals surface area contributed by atoms with Crippen molar-refractivity contribution >= 4 is 41.3 Å². The molecule has 0 aliphatic carbocycles. The van der Waals surface area contributed by atoms with E-state index in [1.807, 2.05) is 0 Å². The van der Waals surface area contributed by atoms with Crippen molar-refractivity contribution in [3.63, 3.8) is 0 Å². The summed E-state index contributed by atoms with van der Waals surface area (Å²) in [5.41, 5.74) is 0. The fraction of sp³-hybridized carbons (Fsp3) is 1.00. The van der Waals surface area contributed by atoms with E-state index in [0.717, 1.165) is 21.6 Å². The van der Waals surface area contributed by atoms with Crippen molar-refractivity contribution in [3.8, 4) is 0 Å². The van der Waals surface area contributed by atoms with Crippen LogP contribution in [-0.2, 0) is 19.7 Å². The molecule has 0 spiro atoms. The summed E-state index contributed by atoms with van der Waals surface area (Å²) < 4.78 is 45.1. The Bertz CT molecular complexity index is 464. The molecule has 0 amide bonds. The molecule has 2 rings (SSSR count). The van der Waals surface area contributed by atoms with Gasteiger partial charge in [-0.3, -0.25) is 0 Å². The molecule has 4 atom stereocenters. The summed E-state index contributed by atoms with van der Waals surface area (Å²) in [7, 11) is -4.06. The molecule has 2 heterocycles. The van der Waals surface area contributed by atoms with Gasteiger partial charge in [-0.15, -0.1) is 0 Å². The molecule has 10 heteroatoms. The molecule has 0 unspecified atom stereocenters. The van der Waals surface area contributed by atoms with Crippen LogP contribution in [0.5, 0.6) is 0 Å². The highest BCUT2D eigenvalue weighted by molar-refractivity contribution is 8.77. The molecule has 0 aromatic carbocycles. The number of hydrogen-bond acceptors (Lipinski definition) is 8. The van der Waals surface area contributed by atoms with Crippen LogP contribution in [0, 0.1) is 0 Å². The first-order chi connectivity index (χ1) is 8.19. The van der Waals surface area contributed by atoms with Crippen LogP contribution in [0.1, 0.15) is 0 Å². The first kappa shape index (κ1) is 14.9. The zero-order valence-electron chi connectivity index (χ0n) is 9.30. The van der Waals surface area contributed by atoms with Gasteiger partial charge in [0.1, 0.15) is 0 Å². The largest absolute Gasteiger partial charge is 0.391 e. The highest BCUT2D eigenvalue weighted by atomic mass is 33.1. The van der Waals surface area contributed by atoms with Gasteiger partial charge in [0.2, 0.25) is 0 Å². The van der Waals surface area contributed by atoms with E-state index in [-0.39, 0.29) is 23.0 Å². The summed E-state index contributed by atoms with van der Waals surface area (Å²) in [6, 6.07) is 0. The topological polar surface area (TPSA) is 109 Å². The zero-order chi connectivity index (χ0) is 13.6. The third-order valence-corrected chi connectivity index (χ3v) is 10.1. The normalized spacial score (nSPS) is 42.1. The summed E-state index contributed by atoms with van der Waals surface area (Å²) in [6.45, 7) is 0. The van der Waals surface area contributed by atoms with E-state index in [2.05, 4.69) is 0 Å². The second-order valence-electron chi connectivity index (χ2n) is 4.56. The third-order valence-electron chi connectivity index (χ3n) is 2.85. The van der Waals surface area contributed by atoms with Gasteiger partial charge in [0.05, 0.1) is 45.7 Å². The van der Waals surface area contributed by atoms with Gasteiger partial charge < -0.3 is 10.2 Å². The Kier molecular flexibility index (Phi) is 4.25. The molecule has 2 N–H and O–H groups in total. The quantitative estimate of drug-likeness (QED) is 0.612. The van der Waals surface area contributed by atoms with E-state index in [9.17, 15) is 27.0 Å². The first-order valence-corrected chi connectivity index (χ1v) is 11.2. The molecule has 6 nitrogen and oxygen atoms in total. The van der Waals surface area contributed by atoms with Crippen LogP contribution in [0.25, 0.3) is 0 Å². The van der Waals surface area contributed by atoms with Gasteiger partial charge in [0.25, 0.3) is 0 Å². The Morgan fingerprint density at radius 2 is 1.06 bits per heavy atom. The van der Waals surface area contributed by atoms with E-state index in [1.165, 1.54) is 0 Å². The molecular weight excluding hydrogens is 320 g/mol. The van der Waals surface area contributed by atoms with Crippen LogP contribution in [0.3, 0.4) is 0 Å². The number of hydrogen-bond donors (Lipinski definition) is 2. The van der Waals surface area contributed by atoms with Gasteiger partial charge in [-0.05, 0) is 0 Å². The van der Waals surface area contributed by atoms with Crippen LogP contribution in [0.2, 0.25) is 0 Å². The Hall–Kier alpha value is 0.520. The number of rotatable bonds is 3. The lowest BCUT2D eigenvalue weighted by Crippen LogP contribution is -2.22. The molecule has 2 aliphatic rings. The molecule has 0 saturated carbocycles. The lowest BCUT2D eigenvalue weighted by atomic mass is 10.3. The van der Waals surface area contributed by atoms with Crippen molar-refractivity contribution in [2.24, 2.45) is 0 Å². The first-order valence-electron chi connectivity index (χ1n) is 5.28. The summed E-state index contributed by atoms with van der Waals surface area (Å²) in [5.74, 6) is -0.670. The lowest BCUT2D eigenvalue weighted by Gasteiger charge is -2.15. The van der Waals surface area contributed by atoms with E-state index in [1.54, 1.807) is 0 Å². The monoisotopic (exact) mass is 334 g/mol. The van der Waals surface area contributed by atoms with Gasteiger partial charge in [-0.2, -0.15) is 0 Å². The molecule has 0 aromatic heterocycles. The third kappa shape index (κ3) is 3.54. The van der Waals surface area contributed by atoms with Gasteiger partial charge in [-0.1, -0.05) is 21.6 Å². The Balaban J connectivity index is 1.90. The minimum Gasteiger partial charge on any atom is -0.391 e. The Morgan fingerprint density at radius 1 is 0.722 bits per heavy atom.